The van der Waals surface area contributed by atoms with E-state index in [-0.39, 0.29) is 17.5 Å². The molecule has 0 aliphatic rings. The second-order valence-electron chi connectivity index (χ2n) is 7.29. The predicted molar refractivity (Wildman–Crippen MR) is 125 cm³/mol. The molecule has 0 radical (unpaired) electrons. The minimum absolute atomic E-state index is 0.0265. The van der Waals surface area contributed by atoms with Crippen molar-refractivity contribution in [3.05, 3.63) is 84.2 Å². The third-order valence-electron chi connectivity index (χ3n) is 4.99. The number of aromatic nitrogens is 2. The van der Waals surface area contributed by atoms with Crippen LogP contribution in [0.3, 0.4) is 0 Å². The first-order valence-electron chi connectivity index (χ1n) is 10.0. The number of hydrogen-bond donors (Lipinski definition) is 1. The molecule has 0 fully saturated rings. The molecule has 1 amide bonds. The van der Waals surface area contributed by atoms with E-state index in [0.717, 1.165) is 16.3 Å². The molecule has 0 spiro atoms. The van der Waals surface area contributed by atoms with Gasteiger partial charge in [0.25, 0.3) is 0 Å². The van der Waals surface area contributed by atoms with Crippen molar-refractivity contribution in [1.82, 2.24) is 10.2 Å². The SMILES string of the molecule is CC(=O)c1ccc(NC(=O)C(C)Sc2nnc(-c3ccc(F)cc3)c3ccccc23)cc1. The number of fused-ring (bicyclic) bond motifs is 1. The van der Waals surface area contributed by atoms with E-state index in [1.54, 1.807) is 43.3 Å². The molecular formula is C25H20FN3O2S. The number of thioether (sulfide) groups is 1. The highest BCUT2D eigenvalue weighted by Crippen LogP contribution is 2.33. The number of benzene rings is 3. The van der Waals surface area contributed by atoms with Crippen molar-refractivity contribution in [1.29, 1.82) is 0 Å². The van der Waals surface area contributed by atoms with E-state index in [9.17, 15) is 14.0 Å². The zero-order valence-corrected chi connectivity index (χ0v) is 18.3. The lowest BCUT2D eigenvalue weighted by atomic mass is 10.1. The van der Waals surface area contributed by atoms with E-state index in [4.69, 9.17) is 0 Å². The van der Waals surface area contributed by atoms with Crippen LogP contribution in [0, 0.1) is 5.82 Å². The number of carbonyl (C=O) groups excluding carboxylic acids is 2. The Morgan fingerprint density at radius 3 is 2.22 bits per heavy atom. The summed E-state index contributed by atoms with van der Waals surface area (Å²) in [7, 11) is 0. The van der Waals surface area contributed by atoms with Gasteiger partial charge in [0.05, 0.1) is 5.25 Å². The van der Waals surface area contributed by atoms with Crippen molar-refractivity contribution in [3.63, 3.8) is 0 Å². The van der Waals surface area contributed by atoms with Gasteiger partial charge in [-0.2, -0.15) is 0 Å². The van der Waals surface area contributed by atoms with E-state index in [0.29, 0.717) is 22.0 Å². The minimum Gasteiger partial charge on any atom is -0.325 e. The number of rotatable bonds is 6. The summed E-state index contributed by atoms with van der Waals surface area (Å²) in [4.78, 5) is 24.1. The first-order chi connectivity index (χ1) is 15.4. The van der Waals surface area contributed by atoms with E-state index in [1.807, 2.05) is 24.3 Å². The molecule has 1 unspecified atom stereocenters. The molecule has 4 rings (SSSR count). The van der Waals surface area contributed by atoms with E-state index in [1.165, 1.54) is 30.8 Å². The van der Waals surface area contributed by atoms with Crippen LogP contribution >= 0.6 is 11.8 Å². The van der Waals surface area contributed by atoms with Gasteiger partial charge in [-0.1, -0.05) is 36.0 Å². The highest BCUT2D eigenvalue weighted by atomic mass is 32.2. The standard InChI is InChI=1S/C25H20FN3O2S/c1-15(30)17-9-13-20(14-10-17)27-24(31)16(2)32-25-22-6-4-3-5-21(22)23(28-29-25)18-7-11-19(26)12-8-18/h3-14,16H,1-2H3,(H,27,31). The van der Waals surface area contributed by atoms with Crippen LogP contribution in [0.2, 0.25) is 0 Å². The maximum absolute atomic E-state index is 13.3. The molecule has 1 N–H and O–H groups in total. The number of hydrogen-bond acceptors (Lipinski definition) is 5. The first kappa shape index (κ1) is 21.6. The zero-order valence-electron chi connectivity index (χ0n) is 17.5. The molecule has 7 heteroatoms. The number of amides is 1. The van der Waals surface area contributed by atoms with E-state index >= 15 is 0 Å². The molecule has 0 aliphatic carbocycles. The fourth-order valence-corrected chi connectivity index (χ4v) is 4.13. The molecule has 1 aromatic heterocycles. The lowest BCUT2D eigenvalue weighted by molar-refractivity contribution is -0.115. The Morgan fingerprint density at radius 2 is 1.56 bits per heavy atom. The third kappa shape index (κ3) is 4.68. The molecule has 4 aromatic rings. The van der Waals surface area contributed by atoms with Gasteiger partial charge in [0.15, 0.2) is 5.78 Å². The molecule has 5 nitrogen and oxygen atoms in total. The van der Waals surface area contributed by atoms with Crippen molar-refractivity contribution in [2.75, 3.05) is 5.32 Å². The maximum Gasteiger partial charge on any atom is 0.237 e. The quantitative estimate of drug-likeness (QED) is 0.302. The molecule has 0 saturated heterocycles. The molecule has 1 atom stereocenters. The summed E-state index contributed by atoms with van der Waals surface area (Å²) in [5.74, 6) is -0.519. The second kappa shape index (κ2) is 9.28. The smallest absolute Gasteiger partial charge is 0.237 e. The summed E-state index contributed by atoms with van der Waals surface area (Å²) in [6, 6.07) is 20.6. The van der Waals surface area contributed by atoms with Gasteiger partial charge in [-0.05, 0) is 62.4 Å². The van der Waals surface area contributed by atoms with Crippen LogP contribution in [0.5, 0.6) is 0 Å². The summed E-state index contributed by atoms with van der Waals surface area (Å²) in [6.07, 6.45) is 0. The molecule has 1 heterocycles. The van der Waals surface area contributed by atoms with Crippen molar-refractivity contribution < 1.29 is 14.0 Å². The zero-order chi connectivity index (χ0) is 22.7. The average molecular weight is 446 g/mol. The van der Waals surface area contributed by atoms with Gasteiger partial charge in [0.2, 0.25) is 5.91 Å². The highest BCUT2D eigenvalue weighted by molar-refractivity contribution is 8.00. The maximum atomic E-state index is 13.3. The van der Waals surface area contributed by atoms with Crippen molar-refractivity contribution in [2.45, 2.75) is 24.1 Å². The van der Waals surface area contributed by atoms with Crippen LogP contribution in [-0.4, -0.2) is 27.1 Å². The summed E-state index contributed by atoms with van der Waals surface area (Å²) in [5.41, 5.74) is 2.64. The van der Waals surface area contributed by atoms with Crippen molar-refractivity contribution in [2.24, 2.45) is 0 Å². The Bertz CT molecular complexity index is 1290. The molecule has 0 bridgehead atoms. The van der Waals surface area contributed by atoms with Crippen LogP contribution in [0.15, 0.2) is 77.8 Å². The van der Waals surface area contributed by atoms with Gasteiger partial charge < -0.3 is 5.32 Å². The fourth-order valence-electron chi connectivity index (χ4n) is 3.24. The van der Waals surface area contributed by atoms with Crippen LogP contribution in [0.1, 0.15) is 24.2 Å². The Labute approximate surface area is 189 Å². The van der Waals surface area contributed by atoms with Crippen LogP contribution < -0.4 is 5.32 Å². The number of Topliss-reactive ketones (excluding diaryl/α,β-unsaturated/α-hetero) is 1. The predicted octanol–water partition coefficient (Wildman–Crippen LogP) is 5.76. The molecule has 160 valence electrons. The summed E-state index contributed by atoms with van der Waals surface area (Å²) < 4.78 is 13.3. The van der Waals surface area contributed by atoms with Crippen molar-refractivity contribution >= 4 is 39.9 Å². The van der Waals surface area contributed by atoms with Crippen LogP contribution in [0.25, 0.3) is 22.0 Å². The van der Waals surface area contributed by atoms with Gasteiger partial charge in [-0.3, -0.25) is 9.59 Å². The van der Waals surface area contributed by atoms with Gasteiger partial charge in [0.1, 0.15) is 16.5 Å². The number of nitrogens with zero attached hydrogens (tertiary/aromatic N) is 2. The summed E-state index contributed by atoms with van der Waals surface area (Å²) in [6.45, 7) is 3.30. The number of carbonyl (C=O) groups is 2. The highest BCUT2D eigenvalue weighted by Gasteiger charge is 2.19. The molecular weight excluding hydrogens is 425 g/mol. The Balaban J connectivity index is 1.56. The fraction of sp³-hybridized carbons (Fsp3) is 0.120. The largest absolute Gasteiger partial charge is 0.325 e. The average Bonchev–Trinajstić information content (AvgIpc) is 2.80. The molecule has 32 heavy (non-hydrogen) atoms. The lowest BCUT2D eigenvalue weighted by Crippen LogP contribution is -2.22. The summed E-state index contributed by atoms with van der Waals surface area (Å²) >= 11 is 1.32. The van der Waals surface area contributed by atoms with Gasteiger partial charge in [-0.25, -0.2) is 4.39 Å². The molecule has 3 aromatic carbocycles. The molecule has 0 aliphatic heterocycles. The molecule has 0 saturated carbocycles. The summed E-state index contributed by atoms with van der Waals surface area (Å²) in [5, 5.41) is 13.6. The lowest BCUT2D eigenvalue weighted by Gasteiger charge is -2.14. The number of ketones is 1. The van der Waals surface area contributed by atoms with Gasteiger partial charge in [0, 0.05) is 27.6 Å². The van der Waals surface area contributed by atoms with Gasteiger partial charge in [-0.15, -0.1) is 10.2 Å². The Morgan fingerprint density at radius 1 is 0.906 bits per heavy atom. The minimum atomic E-state index is -0.433. The Kier molecular flexibility index (Phi) is 6.28. The monoisotopic (exact) mass is 445 g/mol. The van der Waals surface area contributed by atoms with E-state index in [2.05, 4.69) is 15.5 Å². The van der Waals surface area contributed by atoms with Crippen molar-refractivity contribution in [3.8, 4) is 11.3 Å². The number of nitrogens with one attached hydrogen (secondary N) is 1. The van der Waals surface area contributed by atoms with Gasteiger partial charge >= 0.3 is 0 Å². The third-order valence-corrected chi connectivity index (χ3v) is 6.08. The van der Waals surface area contributed by atoms with E-state index < -0.39 is 5.25 Å². The van der Waals surface area contributed by atoms with Crippen LogP contribution in [-0.2, 0) is 4.79 Å². The number of halogens is 1. The second-order valence-corrected chi connectivity index (χ2v) is 8.62. The first-order valence-corrected chi connectivity index (χ1v) is 10.9. The number of anilines is 1. The van der Waals surface area contributed by atoms with Crippen LogP contribution in [0.4, 0.5) is 10.1 Å². The Hall–Kier alpha value is -3.58. The normalized spacial score (nSPS) is 11.8. The topological polar surface area (TPSA) is 72.0 Å².